The summed E-state index contributed by atoms with van der Waals surface area (Å²) in [6, 6.07) is 4.62. The number of likely N-dealkylation sites (N-methyl/N-ethyl adjacent to an activating group) is 1. The van der Waals surface area contributed by atoms with E-state index >= 15 is 0 Å². The van der Waals surface area contributed by atoms with Gasteiger partial charge in [-0.15, -0.1) is 11.8 Å². The number of hydrogen-bond donors (Lipinski definition) is 1. The fraction of sp³-hybridized carbons (Fsp3) is 0.571. The predicted octanol–water partition coefficient (Wildman–Crippen LogP) is 2.82. The van der Waals surface area contributed by atoms with Crippen LogP contribution in [-0.4, -0.2) is 31.9 Å². The van der Waals surface area contributed by atoms with Crippen LogP contribution in [0.2, 0.25) is 0 Å². The summed E-state index contributed by atoms with van der Waals surface area (Å²) in [6.07, 6.45) is 0. The summed E-state index contributed by atoms with van der Waals surface area (Å²) in [7, 11) is 2.02. The Bertz CT molecular complexity index is 403. The van der Waals surface area contributed by atoms with Crippen LogP contribution in [0.15, 0.2) is 17.0 Å². The van der Waals surface area contributed by atoms with E-state index in [-0.39, 0.29) is 0 Å². The molecule has 1 unspecified atom stereocenters. The maximum Gasteiger partial charge on any atom is 0.0535 e. The molecule has 0 radical (unpaired) electrons. The molecule has 3 heteroatoms. The van der Waals surface area contributed by atoms with E-state index in [1.165, 1.54) is 21.7 Å². The zero-order valence-corrected chi connectivity index (χ0v) is 12.0. The topological polar surface area (TPSA) is 15.3 Å². The standard InChI is InChI=1S/C14H22N2S/c1-10-7-11(2)14-13(8-10)17-12(3)9-16(14)6-5-15-4/h7-8,12,15H,5-6,9H2,1-4H3. The number of thioether (sulfide) groups is 1. The first kappa shape index (κ1) is 12.8. The highest BCUT2D eigenvalue weighted by molar-refractivity contribution is 8.00. The van der Waals surface area contributed by atoms with Gasteiger partial charge in [-0.05, 0) is 38.1 Å². The van der Waals surface area contributed by atoms with Crippen LogP contribution in [0.1, 0.15) is 18.1 Å². The van der Waals surface area contributed by atoms with Crippen molar-refractivity contribution in [2.75, 3.05) is 31.6 Å². The first-order valence-electron chi connectivity index (χ1n) is 6.29. The van der Waals surface area contributed by atoms with Crippen LogP contribution in [0.25, 0.3) is 0 Å². The molecule has 0 saturated heterocycles. The average Bonchev–Trinajstić information content (AvgIpc) is 2.24. The molecule has 0 amide bonds. The fourth-order valence-electron chi connectivity index (χ4n) is 2.52. The first-order valence-corrected chi connectivity index (χ1v) is 7.17. The summed E-state index contributed by atoms with van der Waals surface area (Å²) in [4.78, 5) is 3.99. The Hall–Kier alpha value is -0.670. The molecule has 94 valence electrons. The second-order valence-electron chi connectivity index (χ2n) is 4.91. The Balaban J connectivity index is 2.34. The molecule has 17 heavy (non-hydrogen) atoms. The van der Waals surface area contributed by atoms with E-state index < -0.39 is 0 Å². The molecular weight excluding hydrogens is 228 g/mol. The van der Waals surface area contributed by atoms with Crippen molar-refractivity contribution >= 4 is 17.4 Å². The smallest absolute Gasteiger partial charge is 0.0535 e. The summed E-state index contributed by atoms with van der Waals surface area (Å²) >= 11 is 2.02. The van der Waals surface area contributed by atoms with Crippen molar-refractivity contribution in [3.63, 3.8) is 0 Å². The van der Waals surface area contributed by atoms with Crippen LogP contribution in [0, 0.1) is 13.8 Å². The summed E-state index contributed by atoms with van der Waals surface area (Å²) in [5, 5.41) is 3.92. The number of hydrogen-bond acceptors (Lipinski definition) is 3. The van der Waals surface area contributed by atoms with Gasteiger partial charge < -0.3 is 10.2 Å². The molecule has 1 N–H and O–H groups in total. The minimum Gasteiger partial charge on any atom is -0.368 e. The van der Waals surface area contributed by atoms with Crippen molar-refractivity contribution in [1.82, 2.24) is 5.32 Å². The van der Waals surface area contributed by atoms with E-state index in [1.807, 2.05) is 18.8 Å². The molecule has 0 aliphatic carbocycles. The molecular formula is C14H22N2S. The van der Waals surface area contributed by atoms with Crippen molar-refractivity contribution < 1.29 is 0 Å². The lowest BCUT2D eigenvalue weighted by Gasteiger charge is -2.36. The average molecular weight is 250 g/mol. The Morgan fingerprint density at radius 3 is 2.88 bits per heavy atom. The normalized spacial score (nSPS) is 19.3. The number of anilines is 1. The minimum absolute atomic E-state index is 0.681. The van der Waals surface area contributed by atoms with Gasteiger partial charge in [-0.3, -0.25) is 0 Å². The minimum atomic E-state index is 0.681. The molecule has 2 nitrogen and oxygen atoms in total. The second kappa shape index (κ2) is 5.32. The van der Waals surface area contributed by atoms with E-state index in [9.17, 15) is 0 Å². The summed E-state index contributed by atoms with van der Waals surface area (Å²) < 4.78 is 0. The number of benzene rings is 1. The predicted molar refractivity (Wildman–Crippen MR) is 77.4 cm³/mol. The van der Waals surface area contributed by atoms with Crippen LogP contribution >= 0.6 is 11.8 Å². The van der Waals surface area contributed by atoms with Gasteiger partial charge in [0.1, 0.15) is 0 Å². The Kier molecular flexibility index (Phi) is 4.00. The highest BCUT2D eigenvalue weighted by atomic mass is 32.2. The van der Waals surface area contributed by atoms with Crippen LogP contribution in [-0.2, 0) is 0 Å². The Morgan fingerprint density at radius 2 is 2.18 bits per heavy atom. The molecule has 0 aromatic heterocycles. The second-order valence-corrected chi connectivity index (χ2v) is 6.39. The molecule has 1 aromatic rings. The Morgan fingerprint density at radius 1 is 1.41 bits per heavy atom. The third kappa shape index (κ3) is 2.78. The number of aryl methyl sites for hydroxylation is 2. The van der Waals surface area contributed by atoms with Crippen molar-refractivity contribution in [3.8, 4) is 0 Å². The number of nitrogens with one attached hydrogen (secondary N) is 1. The van der Waals surface area contributed by atoms with Crippen LogP contribution in [0.3, 0.4) is 0 Å². The molecule has 0 saturated carbocycles. The quantitative estimate of drug-likeness (QED) is 0.888. The lowest BCUT2D eigenvalue weighted by molar-refractivity contribution is 0.702. The molecule has 1 atom stereocenters. The molecule has 1 aliphatic heterocycles. The van der Waals surface area contributed by atoms with Crippen LogP contribution < -0.4 is 10.2 Å². The number of nitrogens with zero attached hydrogens (tertiary/aromatic N) is 1. The maximum atomic E-state index is 3.24. The van der Waals surface area contributed by atoms with Crippen molar-refractivity contribution in [2.24, 2.45) is 0 Å². The van der Waals surface area contributed by atoms with Gasteiger partial charge in [0.2, 0.25) is 0 Å². The summed E-state index contributed by atoms with van der Waals surface area (Å²) in [5.74, 6) is 0. The molecule has 0 bridgehead atoms. The van der Waals surface area contributed by atoms with Gasteiger partial charge in [-0.25, -0.2) is 0 Å². The molecule has 0 spiro atoms. The molecule has 1 aromatic carbocycles. The monoisotopic (exact) mass is 250 g/mol. The van der Waals surface area contributed by atoms with E-state index in [4.69, 9.17) is 0 Å². The lowest BCUT2D eigenvalue weighted by Crippen LogP contribution is -2.38. The highest BCUT2D eigenvalue weighted by Crippen LogP contribution is 2.40. The third-order valence-electron chi connectivity index (χ3n) is 3.16. The van der Waals surface area contributed by atoms with E-state index in [0.717, 1.165) is 19.6 Å². The van der Waals surface area contributed by atoms with Gasteiger partial charge in [0.25, 0.3) is 0 Å². The largest absolute Gasteiger partial charge is 0.368 e. The molecule has 1 aliphatic rings. The number of rotatable bonds is 3. The van der Waals surface area contributed by atoms with Gasteiger partial charge >= 0.3 is 0 Å². The van der Waals surface area contributed by atoms with Crippen molar-refractivity contribution in [3.05, 3.63) is 23.3 Å². The summed E-state index contributed by atoms with van der Waals surface area (Å²) in [6.45, 7) is 10.0. The van der Waals surface area contributed by atoms with Crippen LogP contribution in [0.5, 0.6) is 0 Å². The van der Waals surface area contributed by atoms with Gasteiger partial charge in [-0.2, -0.15) is 0 Å². The van der Waals surface area contributed by atoms with Crippen molar-refractivity contribution in [1.29, 1.82) is 0 Å². The highest BCUT2D eigenvalue weighted by Gasteiger charge is 2.23. The fourth-order valence-corrected chi connectivity index (χ4v) is 3.87. The zero-order valence-electron chi connectivity index (χ0n) is 11.2. The van der Waals surface area contributed by atoms with Crippen LogP contribution in [0.4, 0.5) is 5.69 Å². The maximum absolute atomic E-state index is 3.24. The van der Waals surface area contributed by atoms with Gasteiger partial charge in [-0.1, -0.05) is 13.0 Å². The lowest BCUT2D eigenvalue weighted by atomic mass is 10.1. The molecule has 2 rings (SSSR count). The Labute approximate surface area is 109 Å². The van der Waals surface area contributed by atoms with E-state index in [1.54, 1.807) is 0 Å². The third-order valence-corrected chi connectivity index (χ3v) is 4.28. The van der Waals surface area contributed by atoms with E-state index in [0.29, 0.717) is 5.25 Å². The van der Waals surface area contributed by atoms with Gasteiger partial charge in [0.15, 0.2) is 0 Å². The SMILES string of the molecule is CNCCN1CC(C)Sc2cc(C)cc(C)c21. The first-order chi connectivity index (χ1) is 8.11. The van der Waals surface area contributed by atoms with Gasteiger partial charge in [0, 0.05) is 29.8 Å². The zero-order chi connectivity index (χ0) is 12.4. The number of fused-ring (bicyclic) bond motifs is 1. The van der Waals surface area contributed by atoms with Gasteiger partial charge in [0.05, 0.1) is 5.69 Å². The van der Waals surface area contributed by atoms with E-state index in [2.05, 4.69) is 43.1 Å². The van der Waals surface area contributed by atoms with Crippen molar-refractivity contribution in [2.45, 2.75) is 30.9 Å². The molecule has 1 heterocycles. The summed E-state index contributed by atoms with van der Waals surface area (Å²) in [5.41, 5.74) is 4.24. The molecule has 0 fully saturated rings.